The summed E-state index contributed by atoms with van der Waals surface area (Å²) in [5.74, 6) is -0.506. The van der Waals surface area contributed by atoms with Gasteiger partial charge in [0.2, 0.25) is 5.91 Å². The molecule has 2 saturated heterocycles. The third kappa shape index (κ3) is 13.1. The molecular weight excluding hydrogens is 788 g/mol. The highest BCUT2D eigenvalue weighted by molar-refractivity contribution is 5.90. The number of nitrogens with one attached hydrogen (secondary N) is 5. The fourth-order valence-electron chi connectivity index (χ4n) is 6.56. The first kappa shape index (κ1) is 46.4. The highest BCUT2D eigenvalue weighted by Crippen LogP contribution is 2.32. The molecule has 324 valence electrons. The van der Waals surface area contributed by atoms with Crippen molar-refractivity contribution in [1.29, 1.82) is 0 Å². The van der Waals surface area contributed by atoms with E-state index in [0.717, 1.165) is 62.4 Å². The van der Waals surface area contributed by atoms with E-state index in [1.807, 2.05) is 0 Å². The zero-order valence-electron chi connectivity index (χ0n) is 31.4. The molecule has 2 heterocycles. The van der Waals surface area contributed by atoms with Gasteiger partial charge in [-0.1, -0.05) is 51.2 Å². The molecule has 15 nitrogen and oxygen atoms in total. The third-order valence-corrected chi connectivity index (χ3v) is 9.59. The Bertz CT molecular complexity index is 1660. The van der Waals surface area contributed by atoms with Crippen LogP contribution in [0.4, 0.5) is 47.3 Å². The summed E-state index contributed by atoms with van der Waals surface area (Å²) in [6.07, 6.45) is -14.1. The number of alkyl halides is 6. The van der Waals surface area contributed by atoms with Crippen molar-refractivity contribution < 1.29 is 75.4 Å². The number of carbonyl (C=O) groups is 3. The van der Waals surface area contributed by atoms with E-state index in [1.54, 1.807) is 0 Å². The summed E-state index contributed by atoms with van der Waals surface area (Å²) in [7, 11) is 0. The first-order valence-corrected chi connectivity index (χ1v) is 18.7. The fourth-order valence-corrected chi connectivity index (χ4v) is 6.56. The monoisotopic (exact) mass is 837 g/mol. The molecule has 0 aliphatic carbocycles. The van der Waals surface area contributed by atoms with Gasteiger partial charge in [-0.25, -0.2) is 9.59 Å². The molecule has 0 spiro atoms. The summed E-state index contributed by atoms with van der Waals surface area (Å²) in [5.41, 5.74) is -2.67. The molecule has 0 radical (unpaired) electrons. The molecule has 9 atom stereocenters. The van der Waals surface area contributed by atoms with Crippen molar-refractivity contribution in [3.05, 3.63) is 59.7 Å². The molecule has 2 fully saturated rings. The predicted molar refractivity (Wildman–Crippen MR) is 194 cm³/mol. The molecule has 0 aromatic heterocycles. The van der Waals surface area contributed by atoms with Gasteiger partial charge >= 0.3 is 24.4 Å². The standard InChI is InChI=1S/C37H49F6N5O10/c1-2-3-4-5-6-7-14-27(51)47-28-25(17-49)56-19-24(46-34(54)44-22-12-8-10-20(15-22)36(38,39)40)32(28)58-33-29(31(53)30(52)26(18-50)57-33)48-35(55)45-23-13-9-11-21(16-23)37(41,42)43/h8-13,15-16,24-26,28-33,49-50,52-53H,2-7,14,17-19H2,1H3,(H,47,51)(H2,44,46,54)(H2,45,48,55)/t24-,25+,26+,28-,29+,30+,31+,32+,33-/m0/s1. The summed E-state index contributed by atoms with van der Waals surface area (Å²) in [5, 5.41) is 54.1. The van der Waals surface area contributed by atoms with Crippen LogP contribution in [-0.4, -0.2) is 113 Å². The summed E-state index contributed by atoms with van der Waals surface area (Å²) in [4.78, 5) is 39.7. The van der Waals surface area contributed by atoms with Crippen LogP contribution in [0.1, 0.15) is 63.0 Å². The molecule has 58 heavy (non-hydrogen) atoms. The van der Waals surface area contributed by atoms with Gasteiger partial charge in [0.05, 0.1) is 43.0 Å². The largest absolute Gasteiger partial charge is 0.416 e. The minimum absolute atomic E-state index is 0.0406. The van der Waals surface area contributed by atoms with Gasteiger partial charge in [-0.05, 0) is 42.8 Å². The minimum Gasteiger partial charge on any atom is -0.394 e. The Hall–Kier alpha value is -4.25. The van der Waals surface area contributed by atoms with E-state index in [4.69, 9.17) is 14.2 Å². The number of unbranched alkanes of at least 4 members (excludes halogenated alkanes) is 5. The summed E-state index contributed by atoms with van der Waals surface area (Å²) in [6.45, 7) is 0.0584. The number of urea groups is 2. The van der Waals surface area contributed by atoms with Crippen LogP contribution in [0.15, 0.2) is 48.5 Å². The van der Waals surface area contributed by atoms with Crippen LogP contribution < -0.4 is 26.6 Å². The first-order chi connectivity index (χ1) is 27.4. The lowest BCUT2D eigenvalue weighted by atomic mass is 9.93. The average molecular weight is 838 g/mol. The molecule has 0 bridgehead atoms. The molecule has 2 aliphatic heterocycles. The van der Waals surface area contributed by atoms with Crippen LogP contribution in [0.2, 0.25) is 0 Å². The van der Waals surface area contributed by atoms with Crippen molar-refractivity contribution in [3.63, 3.8) is 0 Å². The number of benzene rings is 2. The van der Waals surface area contributed by atoms with Gasteiger partial charge in [-0.15, -0.1) is 0 Å². The third-order valence-electron chi connectivity index (χ3n) is 9.59. The number of halogens is 6. The number of anilines is 2. The molecule has 9 N–H and O–H groups in total. The summed E-state index contributed by atoms with van der Waals surface area (Å²) >= 11 is 0. The van der Waals surface area contributed by atoms with Gasteiger partial charge in [0, 0.05) is 17.8 Å². The first-order valence-electron chi connectivity index (χ1n) is 18.7. The maximum atomic E-state index is 13.4. The molecular formula is C37H49F6N5O10. The Kier molecular flexibility index (Phi) is 16.9. The maximum absolute atomic E-state index is 13.4. The highest BCUT2D eigenvalue weighted by atomic mass is 19.4. The molecule has 5 amide bonds. The molecule has 2 aromatic rings. The van der Waals surface area contributed by atoms with Crippen LogP contribution in [0.3, 0.4) is 0 Å². The lowest BCUT2D eigenvalue weighted by molar-refractivity contribution is -0.293. The van der Waals surface area contributed by atoms with Gasteiger partial charge in [-0.3, -0.25) is 4.79 Å². The maximum Gasteiger partial charge on any atom is 0.416 e. The number of rotatable bonds is 16. The van der Waals surface area contributed by atoms with Crippen LogP contribution in [0, 0.1) is 0 Å². The Balaban J connectivity index is 1.62. The van der Waals surface area contributed by atoms with Crippen molar-refractivity contribution >= 4 is 29.3 Å². The van der Waals surface area contributed by atoms with E-state index < -0.39 is 116 Å². The quantitative estimate of drug-likeness (QED) is 0.0879. The molecule has 21 heteroatoms. The van der Waals surface area contributed by atoms with Crippen LogP contribution in [-0.2, 0) is 31.4 Å². The number of ether oxygens (including phenoxy) is 3. The van der Waals surface area contributed by atoms with Gasteiger partial charge in [0.1, 0.15) is 36.6 Å². The van der Waals surface area contributed by atoms with Gasteiger partial charge in [0.15, 0.2) is 6.29 Å². The molecule has 0 saturated carbocycles. The predicted octanol–water partition coefficient (Wildman–Crippen LogP) is 3.86. The van der Waals surface area contributed by atoms with Crippen LogP contribution in [0.25, 0.3) is 0 Å². The number of hydrogen-bond acceptors (Lipinski definition) is 10. The zero-order valence-corrected chi connectivity index (χ0v) is 31.4. The summed E-state index contributed by atoms with van der Waals surface area (Å²) < 4.78 is 97.8. The second kappa shape index (κ2) is 21.1. The second-order valence-electron chi connectivity index (χ2n) is 14.0. The molecule has 2 aromatic carbocycles. The van der Waals surface area contributed by atoms with E-state index in [0.29, 0.717) is 18.6 Å². The van der Waals surface area contributed by atoms with E-state index >= 15 is 0 Å². The molecule has 2 aliphatic rings. The lowest BCUT2D eigenvalue weighted by Crippen LogP contribution is -2.70. The topological polar surface area (TPSA) is 220 Å². The Morgan fingerprint density at radius 3 is 1.84 bits per heavy atom. The Morgan fingerprint density at radius 1 is 0.741 bits per heavy atom. The molecule has 0 unspecified atom stereocenters. The number of hydrogen-bond donors (Lipinski definition) is 9. The minimum atomic E-state index is -4.74. The van der Waals surface area contributed by atoms with E-state index in [9.17, 15) is 61.2 Å². The van der Waals surface area contributed by atoms with Crippen molar-refractivity contribution in [2.24, 2.45) is 0 Å². The van der Waals surface area contributed by atoms with E-state index in [2.05, 4.69) is 33.5 Å². The van der Waals surface area contributed by atoms with Gasteiger partial charge in [-0.2, -0.15) is 26.3 Å². The number of aliphatic hydroxyl groups is 4. The van der Waals surface area contributed by atoms with Crippen LogP contribution >= 0.6 is 0 Å². The van der Waals surface area contributed by atoms with Gasteiger partial charge in [0.25, 0.3) is 0 Å². The van der Waals surface area contributed by atoms with Crippen molar-refractivity contribution in [1.82, 2.24) is 16.0 Å². The Morgan fingerprint density at radius 2 is 1.29 bits per heavy atom. The number of aliphatic hydroxyl groups excluding tert-OH is 4. The van der Waals surface area contributed by atoms with Gasteiger partial charge < -0.3 is 61.2 Å². The van der Waals surface area contributed by atoms with E-state index in [1.165, 1.54) is 6.07 Å². The normalized spacial score (nSPS) is 26.4. The zero-order chi connectivity index (χ0) is 42.6. The smallest absolute Gasteiger partial charge is 0.394 e. The fraction of sp³-hybridized carbons (Fsp3) is 0.595. The molecule has 4 rings (SSSR count). The van der Waals surface area contributed by atoms with Crippen LogP contribution in [0.5, 0.6) is 0 Å². The second-order valence-corrected chi connectivity index (χ2v) is 14.0. The Labute approximate surface area is 329 Å². The van der Waals surface area contributed by atoms with Crippen molar-refractivity contribution in [2.75, 3.05) is 30.5 Å². The number of amides is 5. The van der Waals surface area contributed by atoms with Crippen molar-refractivity contribution in [3.8, 4) is 0 Å². The lowest BCUT2D eigenvalue weighted by Gasteiger charge is -2.47. The summed E-state index contributed by atoms with van der Waals surface area (Å²) in [6, 6.07) is 0.809. The number of carbonyl (C=O) groups excluding carboxylic acids is 3. The SMILES string of the molecule is CCCCCCCCC(=O)N[C@@H]1[C@H](O[C@@H]2O[C@H](CO)[C@@H](O)[C@H](O)[C@H]2NC(=O)Nc2cccc(C(F)(F)F)c2)[C@@H](NC(=O)Nc2cccc(C(F)(F)F)c2)CO[C@@H]1CO. The average Bonchev–Trinajstić information content (AvgIpc) is 3.16. The van der Waals surface area contributed by atoms with E-state index in [-0.39, 0.29) is 17.8 Å². The highest BCUT2D eigenvalue weighted by Gasteiger charge is 2.50. The van der Waals surface area contributed by atoms with Crippen molar-refractivity contribution in [2.45, 2.75) is 119 Å².